The quantitative estimate of drug-likeness (QED) is 0.313. The maximum Gasteiger partial charge on any atom is 0.266 e. The topological polar surface area (TPSA) is 155 Å². The van der Waals surface area contributed by atoms with Gasteiger partial charge in [-0.1, -0.05) is 30.3 Å². The first-order valence-corrected chi connectivity index (χ1v) is 10.4. The number of nitrogens with zero attached hydrogens (tertiary/aromatic N) is 1. The first kappa shape index (κ1) is 22.5. The molecular weight excluding hydrogens is 436 g/mol. The van der Waals surface area contributed by atoms with Crippen LogP contribution in [0.5, 0.6) is 17.2 Å². The summed E-state index contributed by atoms with van der Waals surface area (Å²) in [5.74, 6) is -1.82. The van der Waals surface area contributed by atoms with Gasteiger partial charge in [-0.15, -0.1) is 0 Å². The molecule has 2 amide bonds. The second-order valence-corrected chi connectivity index (χ2v) is 7.78. The van der Waals surface area contributed by atoms with Crippen molar-refractivity contribution >= 4 is 28.9 Å². The van der Waals surface area contributed by atoms with Crippen LogP contribution in [0.15, 0.2) is 77.8 Å². The van der Waals surface area contributed by atoms with Gasteiger partial charge >= 0.3 is 0 Å². The highest BCUT2D eigenvalue weighted by Crippen LogP contribution is 2.33. The molecule has 1 aliphatic heterocycles. The van der Waals surface area contributed by atoms with Gasteiger partial charge in [0, 0.05) is 11.8 Å². The normalized spacial score (nSPS) is 18.5. The van der Waals surface area contributed by atoms with Crippen LogP contribution < -0.4 is 10.6 Å². The summed E-state index contributed by atoms with van der Waals surface area (Å²) < 4.78 is 0. The Labute approximate surface area is 194 Å². The Bertz CT molecular complexity index is 1290. The molecule has 0 saturated carbocycles. The second kappa shape index (κ2) is 9.45. The molecular formula is C25H22N4O5. The number of hydrogen-bond donors (Lipinski definition) is 6. The van der Waals surface area contributed by atoms with Crippen molar-refractivity contribution in [2.75, 3.05) is 11.9 Å². The lowest BCUT2D eigenvalue weighted by molar-refractivity contribution is -0.115. The molecule has 1 fully saturated rings. The van der Waals surface area contributed by atoms with Gasteiger partial charge in [0.25, 0.3) is 5.91 Å². The summed E-state index contributed by atoms with van der Waals surface area (Å²) in [7, 11) is 0. The van der Waals surface area contributed by atoms with E-state index >= 15 is 0 Å². The van der Waals surface area contributed by atoms with Gasteiger partial charge in [0.2, 0.25) is 5.91 Å². The third-order valence-electron chi connectivity index (χ3n) is 5.39. The van der Waals surface area contributed by atoms with E-state index in [9.17, 15) is 24.9 Å². The van der Waals surface area contributed by atoms with Crippen LogP contribution in [0.3, 0.4) is 0 Å². The largest absolute Gasteiger partial charge is 0.508 e. The Hall–Kier alpha value is -4.66. The molecule has 4 rings (SSSR count). The van der Waals surface area contributed by atoms with Crippen molar-refractivity contribution in [1.82, 2.24) is 5.32 Å². The molecule has 3 aromatic rings. The number of aromatic hydroxyl groups is 3. The van der Waals surface area contributed by atoms with E-state index in [1.807, 2.05) is 0 Å². The minimum Gasteiger partial charge on any atom is -0.508 e. The van der Waals surface area contributed by atoms with Gasteiger partial charge in [-0.05, 0) is 47.5 Å². The lowest BCUT2D eigenvalue weighted by Gasteiger charge is -2.20. The SMILES string of the molecule is N=C(c1cccc(O)c1)C1C(=NCC(=O)Nc2cccc(O)c2)C(=O)NC1c1ccc(O)cc1. The van der Waals surface area contributed by atoms with Gasteiger partial charge in [-0.2, -0.15) is 0 Å². The summed E-state index contributed by atoms with van der Waals surface area (Å²) in [5, 5.41) is 43.3. The number of hydrogen-bond acceptors (Lipinski definition) is 7. The number of phenolic OH excluding ortho intramolecular Hbond substituents is 3. The van der Waals surface area contributed by atoms with Gasteiger partial charge in [0.15, 0.2) is 0 Å². The summed E-state index contributed by atoms with van der Waals surface area (Å²) in [5.41, 5.74) is 1.49. The smallest absolute Gasteiger partial charge is 0.266 e. The Morgan fingerprint density at radius 3 is 2.29 bits per heavy atom. The molecule has 1 saturated heterocycles. The lowest BCUT2D eigenvalue weighted by Crippen LogP contribution is -2.28. The molecule has 34 heavy (non-hydrogen) atoms. The molecule has 2 atom stereocenters. The summed E-state index contributed by atoms with van der Waals surface area (Å²) in [4.78, 5) is 29.5. The second-order valence-electron chi connectivity index (χ2n) is 7.78. The highest BCUT2D eigenvalue weighted by molar-refractivity contribution is 6.46. The van der Waals surface area contributed by atoms with Crippen LogP contribution in [0.1, 0.15) is 17.2 Å². The zero-order valence-electron chi connectivity index (χ0n) is 17.9. The van der Waals surface area contributed by atoms with Gasteiger partial charge < -0.3 is 31.4 Å². The fourth-order valence-corrected chi connectivity index (χ4v) is 3.82. The van der Waals surface area contributed by atoms with E-state index in [0.717, 1.165) is 0 Å². The minimum atomic E-state index is -0.840. The number of aliphatic imine (C=N–C) groups is 1. The van der Waals surface area contributed by atoms with E-state index in [1.54, 1.807) is 36.4 Å². The molecule has 0 radical (unpaired) electrons. The predicted molar refractivity (Wildman–Crippen MR) is 126 cm³/mol. The van der Waals surface area contributed by atoms with Crippen LogP contribution in [0.4, 0.5) is 5.69 Å². The standard InChI is InChI=1S/C25H22N4O5/c26-22(15-3-1-5-18(31)11-15)21-23(14-7-9-17(30)10-8-14)29-25(34)24(21)27-13-20(33)28-16-4-2-6-19(32)12-16/h1-12,21,23,26,30-32H,13H2,(H,28,33)(H,29,34). The van der Waals surface area contributed by atoms with E-state index in [1.165, 1.54) is 36.4 Å². The summed E-state index contributed by atoms with van der Waals surface area (Å²) in [6, 6.07) is 17.8. The van der Waals surface area contributed by atoms with E-state index < -0.39 is 23.8 Å². The molecule has 0 aromatic heterocycles. The van der Waals surface area contributed by atoms with Crippen molar-refractivity contribution in [2.24, 2.45) is 10.9 Å². The number of carbonyl (C=O) groups excluding carboxylic acids is 2. The molecule has 3 aromatic carbocycles. The number of phenols is 3. The van der Waals surface area contributed by atoms with Crippen molar-refractivity contribution in [3.63, 3.8) is 0 Å². The highest BCUT2D eigenvalue weighted by Gasteiger charge is 2.42. The van der Waals surface area contributed by atoms with Gasteiger partial charge in [0.05, 0.1) is 17.7 Å². The van der Waals surface area contributed by atoms with Crippen LogP contribution in [0, 0.1) is 11.3 Å². The van der Waals surface area contributed by atoms with Crippen molar-refractivity contribution < 1.29 is 24.9 Å². The maximum absolute atomic E-state index is 12.9. The third kappa shape index (κ3) is 4.88. The van der Waals surface area contributed by atoms with Crippen molar-refractivity contribution in [3.05, 3.63) is 83.9 Å². The molecule has 172 valence electrons. The van der Waals surface area contributed by atoms with Crippen molar-refractivity contribution in [3.8, 4) is 17.2 Å². The fraction of sp³-hybridized carbons (Fsp3) is 0.120. The van der Waals surface area contributed by atoms with E-state index in [2.05, 4.69) is 15.6 Å². The molecule has 1 aliphatic rings. The lowest BCUT2D eigenvalue weighted by atomic mass is 9.85. The number of benzene rings is 3. The number of amides is 2. The monoisotopic (exact) mass is 458 g/mol. The summed E-state index contributed by atoms with van der Waals surface area (Å²) in [6.07, 6.45) is 0. The van der Waals surface area contributed by atoms with Crippen molar-refractivity contribution in [1.29, 1.82) is 5.41 Å². The first-order valence-electron chi connectivity index (χ1n) is 10.4. The molecule has 0 bridgehead atoms. The Kier molecular flexibility index (Phi) is 6.26. The molecule has 9 heteroatoms. The maximum atomic E-state index is 12.9. The predicted octanol–water partition coefficient (Wildman–Crippen LogP) is 2.74. The van der Waals surface area contributed by atoms with E-state index in [4.69, 9.17) is 5.41 Å². The number of nitrogens with one attached hydrogen (secondary N) is 3. The number of anilines is 1. The van der Waals surface area contributed by atoms with Gasteiger partial charge in [0.1, 0.15) is 29.5 Å². The molecule has 0 spiro atoms. The first-order chi connectivity index (χ1) is 16.3. The average molecular weight is 458 g/mol. The van der Waals surface area contributed by atoms with Crippen molar-refractivity contribution in [2.45, 2.75) is 6.04 Å². The van der Waals surface area contributed by atoms with Crippen LogP contribution in [0.2, 0.25) is 0 Å². The fourth-order valence-electron chi connectivity index (χ4n) is 3.82. The van der Waals surface area contributed by atoms with Crippen LogP contribution in [-0.2, 0) is 9.59 Å². The summed E-state index contributed by atoms with van der Waals surface area (Å²) >= 11 is 0. The average Bonchev–Trinajstić information content (AvgIpc) is 3.13. The zero-order chi connectivity index (χ0) is 24.2. The molecule has 9 nitrogen and oxygen atoms in total. The van der Waals surface area contributed by atoms with Crippen LogP contribution >= 0.6 is 0 Å². The minimum absolute atomic E-state index is 0.00403. The molecule has 2 unspecified atom stereocenters. The molecule has 1 heterocycles. The number of rotatable bonds is 6. The Balaban J connectivity index is 1.64. The van der Waals surface area contributed by atoms with Gasteiger partial charge in [-0.25, -0.2) is 0 Å². The zero-order valence-corrected chi connectivity index (χ0v) is 17.9. The van der Waals surface area contributed by atoms with Gasteiger partial charge in [-0.3, -0.25) is 14.6 Å². The molecule has 0 aliphatic carbocycles. The van der Waals surface area contributed by atoms with Crippen LogP contribution in [0.25, 0.3) is 0 Å². The Morgan fingerprint density at radius 1 is 0.941 bits per heavy atom. The third-order valence-corrected chi connectivity index (χ3v) is 5.39. The van der Waals surface area contributed by atoms with E-state index in [0.29, 0.717) is 16.8 Å². The molecule has 6 N–H and O–H groups in total. The highest BCUT2D eigenvalue weighted by atomic mass is 16.3. The van der Waals surface area contributed by atoms with E-state index in [-0.39, 0.29) is 35.2 Å². The summed E-state index contributed by atoms with van der Waals surface area (Å²) in [6.45, 7) is -0.371. The number of carbonyl (C=O) groups is 2. The van der Waals surface area contributed by atoms with Crippen LogP contribution in [-0.4, -0.2) is 45.1 Å². The Morgan fingerprint density at radius 2 is 1.62 bits per heavy atom.